The van der Waals surface area contributed by atoms with Gasteiger partial charge in [-0.2, -0.15) is 13.2 Å². The number of amides is 1. The molecule has 0 aliphatic heterocycles. The predicted molar refractivity (Wildman–Crippen MR) is 130 cm³/mol. The normalized spacial score (nSPS) is 11.9. The van der Waals surface area contributed by atoms with Gasteiger partial charge in [0.1, 0.15) is 0 Å². The van der Waals surface area contributed by atoms with Gasteiger partial charge in [-0.25, -0.2) is 13.1 Å². The van der Waals surface area contributed by atoms with Crippen LogP contribution in [0.4, 0.5) is 24.5 Å². The van der Waals surface area contributed by atoms with E-state index in [0.29, 0.717) is 5.69 Å². The first-order valence-electron chi connectivity index (χ1n) is 10.7. The fourth-order valence-corrected chi connectivity index (χ4v) is 4.28. The lowest BCUT2D eigenvalue weighted by Crippen LogP contribution is -2.25. The second-order valence-corrected chi connectivity index (χ2v) is 9.74. The number of fused-ring (bicyclic) bond motifs is 1. The summed E-state index contributed by atoms with van der Waals surface area (Å²) in [5.41, 5.74) is 0.540. The van der Waals surface area contributed by atoms with E-state index in [9.17, 15) is 26.4 Å². The van der Waals surface area contributed by atoms with Crippen LogP contribution in [0.15, 0.2) is 84.0 Å². The standard InChI is InChI=1S/C25H21F3N4O3S/c1-29-36(34,35)21-8-9-23(32-20-6-4-19(5-7-20)25(26,27)28)22(13-21)24(33)31-14-16-2-3-18-15-30-11-10-17(18)12-16/h2-13,15,29,32H,14H2,1H3,(H,31,33). The second kappa shape index (κ2) is 9.96. The highest BCUT2D eigenvalue weighted by Gasteiger charge is 2.30. The van der Waals surface area contributed by atoms with Gasteiger partial charge in [0.2, 0.25) is 10.0 Å². The van der Waals surface area contributed by atoms with Crippen LogP contribution in [0.3, 0.4) is 0 Å². The number of carbonyl (C=O) groups excluding carboxylic acids is 1. The molecular weight excluding hydrogens is 493 g/mol. The van der Waals surface area contributed by atoms with E-state index in [2.05, 4.69) is 20.3 Å². The summed E-state index contributed by atoms with van der Waals surface area (Å²) < 4.78 is 65.4. The van der Waals surface area contributed by atoms with Crippen LogP contribution in [-0.2, 0) is 22.7 Å². The summed E-state index contributed by atoms with van der Waals surface area (Å²) in [4.78, 5) is 17.1. The minimum absolute atomic E-state index is 0.0104. The van der Waals surface area contributed by atoms with Crippen LogP contribution in [0.1, 0.15) is 21.5 Å². The number of carbonyl (C=O) groups is 1. The van der Waals surface area contributed by atoms with Crippen LogP contribution in [0, 0.1) is 0 Å². The summed E-state index contributed by atoms with van der Waals surface area (Å²) in [5, 5.41) is 7.57. The fraction of sp³-hybridized carbons (Fsp3) is 0.120. The summed E-state index contributed by atoms with van der Waals surface area (Å²) in [6, 6.07) is 15.6. The Bertz CT molecular complexity index is 1520. The predicted octanol–water partition coefficient (Wildman–Crippen LogP) is 4.84. The molecule has 1 aromatic heterocycles. The number of aromatic nitrogens is 1. The molecule has 11 heteroatoms. The van der Waals surface area contributed by atoms with E-state index in [1.54, 1.807) is 12.4 Å². The molecule has 0 aliphatic carbocycles. The number of hydrogen-bond acceptors (Lipinski definition) is 5. The Hall–Kier alpha value is -3.96. The maximum Gasteiger partial charge on any atom is 0.416 e. The van der Waals surface area contributed by atoms with E-state index in [1.165, 1.54) is 37.4 Å². The number of rotatable bonds is 7. The van der Waals surface area contributed by atoms with Crippen molar-refractivity contribution in [3.63, 3.8) is 0 Å². The molecular formula is C25H21F3N4O3S. The van der Waals surface area contributed by atoms with Gasteiger partial charge >= 0.3 is 6.18 Å². The van der Waals surface area contributed by atoms with Crippen molar-refractivity contribution in [1.29, 1.82) is 0 Å². The lowest BCUT2D eigenvalue weighted by molar-refractivity contribution is -0.137. The van der Waals surface area contributed by atoms with E-state index < -0.39 is 27.7 Å². The van der Waals surface area contributed by atoms with Gasteiger partial charge < -0.3 is 10.6 Å². The molecule has 3 aromatic carbocycles. The third kappa shape index (κ3) is 5.64. The Morgan fingerprint density at radius 2 is 1.69 bits per heavy atom. The number of nitrogens with one attached hydrogen (secondary N) is 3. The molecule has 4 rings (SSSR count). The molecule has 1 amide bonds. The highest BCUT2D eigenvalue weighted by Crippen LogP contribution is 2.31. The van der Waals surface area contributed by atoms with Gasteiger partial charge in [0.05, 0.1) is 21.7 Å². The zero-order valence-electron chi connectivity index (χ0n) is 18.9. The molecule has 0 radical (unpaired) electrons. The molecule has 36 heavy (non-hydrogen) atoms. The van der Waals surface area contributed by atoms with E-state index in [4.69, 9.17) is 0 Å². The molecule has 186 valence electrons. The van der Waals surface area contributed by atoms with Crippen molar-refractivity contribution >= 4 is 38.1 Å². The van der Waals surface area contributed by atoms with Gasteiger partial charge in [0, 0.05) is 30.0 Å². The fourth-order valence-electron chi connectivity index (χ4n) is 3.52. The van der Waals surface area contributed by atoms with Crippen LogP contribution >= 0.6 is 0 Å². The van der Waals surface area contributed by atoms with Crippen LogP contribution in [0.25, 0.3) is 10.8 Å². The molecule has 4 aromatic rings. The molecule has 0 bridgehead atoms. The third-order valence-electron chi connectivity index (χ3n) is 5.46. The maximum atomic E-state index is 13.1. The summed E-state index contributed by atoms with van der Waals surface area (Å²) in [6.07, 6.45) is -1.09. The van der Waals surface area contributed by atoms with Gasteiger partial charge in [-0.05, 0) is 72.6 Å². The average Bonchev–Trinajstić information content (AvgIpc) is 2.87. The largest absolute Gasteiger partial charge is 0.416 e. The molecule has 0 spiro atoms. The minimum atomic E-state index is -4.48. The average molecular weight is 515 g/mol. The molecule has 0 atom stereocenters. The molecule has 1 heterocycles. The molecule has 0 aliphatic rings. The van der Waals surface area contributed by atoms with Gasteiger partial charge in [0.15, 0.2) is 0 Å². The zero-order chi connectivity index (χ0) is 25.9. The van der Waals surface area contributed by atoms with Crippen molar-refractivity contribution in [2.45, 2.75) is 17.6 Å². The van der Waals surface area contributed by atoms with Gasteiger partial charge in [-0.15, -0.1) is 0 Å². The number of nitrogens with zero attached hydrogens (tertiary/aromatic N) is 1. The number of sulfonamides is 1. The lowest BCUT2D eigenvalue weighted by Gasteiger charge is -2.15. The van der Waals surface area contributed by atoms with Crippen LogP contribution in [-0.4, -0.2) is 26.4 Å². The first-order chi connectivity index (χ1) is 17.1. The molecule has 7 nitrogen and oxygen atoms in total. The lowest BCUT2D eigenvalue weighted by atomic mass is 10.1. The van der Waals surface area contributed by atoms with Crippen molar-refractivity contribution in [2.75, 3.05) is 12.4 Å². The topological polar surface area (TPSA) is 100 Å². The van der Waals surface area contributed by atoms with Crippen LogP contribution in [0.2, 0.25) is 0 Å². The number of halogens is 3. The first-order valence-corrected chi connectivity index (χ1v) is 12.2. The van der Waals surface area contributed by atoms with Crippen molar-refractivity contribution in [3.8, 4) is 0 Å². The SMILES string of the molecule is CNS(=O)(=O)c1ccc(Nc2ccc(C(F)(F)F)cc2)c(C(=O)NCc2ccc3cnccc3c2)c1. The molecule has 0 saturated heterocycles. The Kier molecular flexibility index (Phi) is 6.95. The van der Waals surface area contributed by atoms with Crippen molar-refractivity contribution < 1.29 is 26.4 Å². The Labute approximate surface area is 205 Å². The van der Waals surface area contributed by atoms with Gasteiger partial charge in [0.25, 0.3) is 5.91 Å². The van der Waals surface area contributed by atoms with E-state index in [-0.39, 0.29) is 22.7 Å². The third-order valence-corrected chi connectivity index (χ3v) is 6.88. The first kappa shape index (κ1) is 25.1. The molecule has 0 unspecified atom stereocenters. The van der Waals surface area contributed by atoms with Crippen molar-refractivity contribution in [2.24, 2.45) is 0 Å². The zero-order valence-corrected chi connectivity index (χ0v) is 19.7. The number of anilines is 2. The highest BCUT2D eigenvalue weighted by molar-refractivity contribution is 7.89. The summed E-state index contributed by atoms with van der Waals surface area (Å²) in [7, 11) is -2.60. The Morgan fingerprint density at radius 1 is 0.944 bits per heavy atom. The van der Waals surface area contributed by atoms with Crippen molar-refractivity contribution in [3.05, 3.63) is 95.8 Å². The van der Waals surface area contributed by atoms with Crippen LogP contribution < -0.4 is 15.4 Å². The molecule has 3 N–H and O–H groups in total. The Morgan fingerprint density at radius 3 is 2.39 bits per heavy atom. The van der Waals surface area contributed by atoms with Crippen LogP contribution in [0.5, 0.6) is 0 Å². The number of hydrogen-bond donors (Lipinski definition) is 3. The quantitative estimate of drug-likeness (QED) is 0.328. The minimum Gasteiger partial charge on any atom is -0.355 e. The van der Waals surface area contributed by atoms with E-state index >= 15 is 0 Å². The smallest absolute Gasteiger partial charge is 0.355 e. The van der Waals surface area contributed by atoms with Crippen molar-refractivity contribution in [1.82, 2.24) is 15.0 Å². The van der Waals surface area contributed by atoms with E-state index in [1.807, 2.05) is 24.3 Å². The molecule has 0 fully saturated rings. The van der Waals surface area contributed by atoms with E-state index in [0.717, 1.165) is 28.5 Å². The number of benzene rings is 3. The Balaban J connectivity index is 1.61. The summed E-state index contributed by atoms with van der Waals surface area (Å²) in [5.74, 6) is -0.563. The van der Waals surface area contributed by atoms with Gasteiger partial charge in [-0.1, -0.05) is 12.1 Å². The summed E-state index contributed by atoms with van der Waals surface area (Å²) in [6.45, 7) is 0.166. The second-order valence-electron chi connectivity index (χ2n) is 7.85. The number of pyridine rings is 1. The number of alkyl halides is 3. The maximum absolute atomic E-state index is 13.1. The summed E-state index contributed by atoms with van der Waals surface area (Å²) >= 11 is 0. The molecule has 0 saturated carbocycles. The van der Waals surface area contributed by atoms with Gasteiger partial charge in [-0.3, -0.25) is 9.78 Å². The highest BCUT2D eigenvalue weighted by atomic mass is 32.2. The monoisotopic (exact) mass is 514 g/mol.